The van der Waals surface area contributed by atoms with E-state index < -0.39 is 0 Å². The zero-order valence-electron chi connectivity index (χ0n) is 13.1. The number of piperidine rings is 1. The maximum absolute atomic E-state index is 4.63. The second-order valence-electron chi connectivity index (χ2n) is 5.95. The minimum atomic E-state index is 0.476. The number of H-pyrrole nitrogens is 1. The molecule has 1 aliphatic heterocycles. The van der Waals surface area contributed by atoms with Gasteiger partial charge in [0.25, 0.3) is 0 Å². The Bertz CT molecular complexity index is 802. The fraction of sp³-hybridized carbons (Fsp3) is 0.438. The van der Waals surface area contributed by atoms with Crippen LogP contribution in [0.4, 0.5) is 0 Å². The van der Waals surface area contributed by atoms with Crippen molar-refractivity contribution in [1.82, 2.24) is 30.0 Å². The van der Waals surface area contributed by atoms with Gasteiger partial charge in [-0.05, 0) is 37.6 Å². The lowest BCUT2D eigenvalue weighted by Crippen LogP contribution is -2.29. The van der Waals surface area contributed by atoms with Gasteiger partial charge in [0.2, 0.25) is 0 Å². The van der Waals surface area contributed by atoms with Gasteiger partial charge >= 0.3 is 0 Å². The highest BCUT2D eigenvalue weighted by molar-refractivity contribution is 7.98. The van der Waals surface area contributed by atoms with Crippen molar-refractivity contribution < 1.29 is 0 Å². The zero-order chi connectivity index (χ0) is 15.6. The first-order chi connectivity index (χ1) is 11.3. The second-order valence-corrected chi connectivity index (χ2v) is 6.89. The molecule has 1 fully saturated rings. The van der Waals surface area contributed by atoms with Crippen molar-refractivity contribution in [3.8, 4) is 0 Å². The third-order valence-corrected chi connectivity index (χ3v) is 5.40. The molecule has 4 rings (SSSR count). The van der Waals surface area contributed by atoms with E-state index in [1.54, 1.807) is 11.8 Å². The van der Waals surface area contributed by atoms with Gasteiger partial charge in [-0.25, -0.2) is 4.98 Å². The molecule has 0 amide bonds. The van der Waals surface area contributed by atoms with Gasteiger partial charge in [0.1, 0.15) is 11.5 Å². The molecular formula is C16H20N6S. The van der Waals surface area contributed by atoms with Crippen molar-refractivity contribution in [2.45, 2.75) is 29.7 Å². The Hall–Kier alpha value is -1.86. The Morgan fingerprint density at radius 2 is 2.26 bits per heavy atom. The molecule has 120 valence electrons. The molecule has 23 heavy (non-hydrogen) atoms. The summed E-state index contributed by atoms with van der Waals surface area (Å²) in [5.41, 5.74) is 1.99. The first kappa shape index (κ1) is 14.7. The summed E-state index contributed by atoms with van der Waals surface area (Å²) in [5.74, 6) is 2.36. The normalized spacial score (nSPS) is 18.6. The number of fused-ring (bicyclic) bond motifs is 1. The first-order valence-electron chi connectivity index (χ1n) is 7.97. The summed E-state index contributed by atoms with van der Waals surface area (Å²) in [7, 11) is 2.06. The summed E-state index contributed by atoms with van der Waals surface area (Å²) in [6.07, 6.45) is 4.32. The smallest absolute Gasteiger partial charge is 0.191 e. The van der Waals surface area contributed by atoms with Gasteiger partial charge in [0.05, 0.1) is 5.69 Å². The molecule has 6 nitrogen and oxygen atoms in total. The lowest BCUT2D eigenvalue weighted by atomic mass is 9.99. The van der Waals surface area contributed by atoms with Crippen LogP contribution < -0.4 is 5.32 Å². The standard InChI is InChI=1S/C16H20N6S/c1-22-15(12-3-2-7-17-9-12)20-21-16(22)23-10-13-5-4-11-6-8-18-14(11)19-13/h4-6,8,12,17H,2-3,7,9-10H2,1H3,(H,18,19). The predicted molar refractivity (Wildman–Crippen MR) is 91.5 cm³/mol. The Kier molecular flexibility index (Phi) is 4.05. The summed E-state index contributed by atoms with van der Waals surface area (Å²) >= 11 is 1.69. The molecule has 3 aromatic rings. The van der Waals surface area contributed by atoms with Crippen LogP contribution >= 0.6 is 11.8 Å². The number of aromatic amines is 1. The maximum Gasteiger partial charge on any atom is 0.191 e. The number of hydrogen-bond acceptors (Lipinski definition) is 5. The zero-order valence-corrected chi connectivity index (χ0v) is 13.9. The Labute approximate surface area is 139 Å². The molecule has 0 radical (unpaired) electrons. The maximum atomic E-state index is 4.63. The molecule has 1 saturated heterocycles. The van der Waals surface area contributed by atoms with Crippen LogP contribution in [-0.2, 0) is 12.8 Å². The molecule has 0 saturated carbocycles. The molecule has 7 heteroatoms. The summed E-state index contributed by atoms with van der Waals surface area (Å²) in [4.78, 5) is 7.79. The van der Waals surface area contributed by atoms with E-state index >= 15 is 0 Å². The van der Waals surface area contributed by atoms with E-state index in [-0.39, 0.29) is 0 Å². The highest BCUT2D eigenvalue weighted by Crippen LogP contribution is 2.26. The SMILES string of the molecule is Cn1c(SCc2ccc3cc[nH]c3n2)nnc1C1CCCNC1. The highest BCUT2D eigenvalue weighted by atomic mass is 32.2. The van der Waals surface area contributed by atoms with Gasteiger partial charge < -0.3 is 14.9 Å². The molecular weight excluding hydrogens is 308 g/mol. The fourth-order valence-electron chi connectivity index (χ4n) is 3.07. The van der Waals surface area contributed by atoms with Crippen LogP contribution in [0.15, 0.2) is 29.6 Å². The number of nitrogens with one attached hydrogen (secondary N) is 2. The van der Waals surface area contributed by atoms with Crippen molar-refractivity contribution in [3.63, 3.8) is 0 Å². The van der Waals surface area contributed by atoms with Gasteiger partial charge in [-0.3, -0.25) is 0 Å². The van der Waals surface area contributed by atoms with Crippen molar-refractivity contribution in [1.29, 1.82) is 0 Å². The summed E-state index contributed by atoms with van der Waals surface area (Å²) in [5, 5.41) is 14.3. The van der Waals surface area contributed by atoms with Gasteiger partial charge in [-0.15, -0.1) is 10.2 Å². The molecule has 4 heterocycles. The van der Waals surface area contributed by atoms with Crippen LogP contribution in [0.5, 0.6) is 0 Å². The average molecular weight is 328 g/mol. The van der Waals surface area contributed by atoms with Crippen LogP contribution in [0.1, 0.15) is 30.3 Å². The van der Waals surface area contributed by atoms with E-state index in [0.29, 0.717) is 5.92 Å². The number of thioether (sulfide) groups is 1. The molecule has 1 unspecified atom stereocenters. The van der Waals surface area contributed by atoms with Crippen LogP contribution in [0.2, 0.25) is 0 Å². The van der Waals surface area contributed by atoms with Crippen LogP contribution in [0.3, 0.4) is 0 Å². The third kappa shape index (κ3) is 2.98. The van der Waals surface area contributed by atoms with Crippen molar-refractivity contribution in [2.24, 2.45) is 7.05 Å². The van der Waals surface area contributed by atoms with E-state index in [0.717, 1.165) is 46.6 Å². The van der Waals surface area contributed by atoms with Crippen LogP contribution in [-0.4, -0.2) is 37.8 Å². The Balaban J connectivity index is 1.47. The number of aromatic nitrogens is 5. The topological polar surface area (TPSA) is 71.4 Å². The quantitative estimate of drug-likeness (QED) is 0.720. The predicted octanol–water partition coefficient (Wildman–Crippen LogP) is 2.45. The molecule has 0 bridgehead atoms. The van der Waals surface area contributed by atoms with E-state index in [9.17, 15) is 0 Å². The summed E-state index contributed by atoms with van der Waals surface area (Å²) in [6.45, 7) is 2.12. The first-order valence-corrected chi connectivity index (χ1v) is 8.95. The molecule has 1 atom stereocenters. The minimum absolute atomic E-state index is 0.476. The molecule has 0 spiro atoms. The van der Waals surface area contributed by atoms with E-state index in [1.807, 2.05) is 12.3 Å². The highest BCUT2D eigenvalue weighted by Gasteiger charge is 2.21. The number of hydrogen-bond donors (Lipinski definition) is 2. The van der Waals surface area contributed by atoms with E-state index in [1.165, 1.54) is 12.8 Å². The number of rotatable bonds is 4. The van der Waals surface area contributed by atoms with Gasteiger partial charge in [-0.1, -0.05) is 11.8 Å². The van der Waals surface area contributed by atoms with Gasteiger partial charge in [0.15, 0.2) is 5.16 Å². The largest absolute Gasteiger partial charge is 0.346 e. The average Bonchev–Trinajstić information content (AvgIpc) is 3.20. The van der Waals surface area contributed by atoms with Crippen LogP contribution in [0.25, 0.3) is 11.0 Å². The van der Waals surface area contributed by atoms with E-state index in [2.05, 4.69) is 49.2 Å². The van der Waals surface area contributed by atoms with Gasteiger partial charge in [0, 0.05) is 36.8 Å². The third-order valence-electron chi connectivity index (χ3n) is 4.35. The number of pyridine rings is 1. The molecule has 1 aliphatic rings. The lowest BCUT2D eigenvalue weighted by Gasteiger charge is -2.21. The van der Waals surface area contributed by atoms with Gasteiger partial charge in [-0.2, -0.15) is 0 Å². The monoisotopic (exact) mass is 328 g/mol. The molecule has 2 N–H and O–H groups in total. The summed E-state index contributed by atoms with van der Waals surface area (Å²) in [6, 6.07) is 6.21. The second kappa shape index (κ2) is 6.33. The fourth-order valence-corrected chi connectivity index (χ4v) is 3.89. The lowest BCUT2D eigenvalue weighted by molar-refractivity contribution is 0.436. The molecule has 0 aromatic carbocycles. The summed E-state index contributed by atoms with van der Waals surface area (Å²) < 4.78 is 2.13. The van der Waals surface area contributed by atoms with Crippen molar-refractivity contribution in [3.05, 3.63) is 35.9 Å². The molecule has 3 aromatic heterocycles. The number of nitrogens with zero attached hydrogens (tertiary/aromatic N) is 4. The molecule has 0 aliphatic carbocycles. The van der Waals surface area contributed by atoms with Crippen molar-refractivity contribution >= 4 is 22.8 Å². The minimum Gasteiger partial charge on any atom is -0.346 e. The Morgan fingerprint density at radius 1 is 1.30 bits per heavy atom. The Morgan fingerprint density at radius 3 is 3.13 bits per heavy atom. The van der Waals surface area contributed by atoms with Crippen molar-refractivity contribution in [2.75, 3.05) is 13.1 Å². The van der Waals surface area contributed by atoms with Crippen LogP contribution in [0, 0.1) is 0 Å². The van der Waals surface area contributed by atoms with E-state index in [4.69, 9.17) is 0 Å².